The summed E-state index contributed by atoms with van der Waals surface area (Å²) in [5.41, 5.74) is 9.63. The number of carboxylic acids is 1. The average molecular weight is 702 g/mol. The SMILES string of the molecule is Cc1c(-c2nc3c(Cl)cc(CN4CCC(O)C4)cn3n2)cccc1-c1cccc(-c2nc3cc(CN4CCC(C(=O)O)C4)cc(C#N)c3o2)c1C. The number of hydrogen-bond donors (Lipinski definition) is 2. The molecule has 0 radical (unpaired) electrons. The summed E-state index contributed by atoms with van der Waals surface area (Å²) in [6.45, 7) is 8.00. The first-order chi connectivity index (χ1) is 24.6. The van der Waals surface area contributed by atoms with Crippen LogP contribution in [0, 0.1) is 31.1 Å². The Bertz CT molecular complexity index is 2380. The Morgan fingerprint density at radius 3 is 2.33 bits per heavy atom. The summed E-state index contributed by atoms with van der Waals surface area (Å²) in [5.74, 6) is -0.139. The molecule has 2 aliphatic rings. The number of oxazole rings is 1. The van der Waals surface area contributed by atoms with Gasteiger partial charge in [0, 0.05) is 50.0 Å². The van der Waals surface area contributed by atoms with Gasteiger partial charge in [-0.15, -0.1) is 5.10 Å². The first kappa shape index (κ1) is 33.0. The van der Waals surface area contributed by atoms with Crippen LogP contribution in [0.15, 0.2) is 65.2 Å². The molecule has 11 nitrogen and oxygen atoms in total. The predicted molar refractivity (Wildman–Crippen MR) is 193 cm³/mol. The molecule has 2 unspecified atom stereocenters. The van der Waals surface area contributed by atoms with Gasteiger partial charge in [-0.1, -0.05) is 41.9 Å². The third-order valence-corrected chi connectivity index (χ3v) is 10.5. The number of hydrogen-bond acceptors (Lipinski definition) is 9. The van der Waals surface area contributed by atoms with Gasteiger partial charge in [0.05, 0.1) is 22.6 Å². The fourth-order valence-corrected chi connectivity index (χ4v) is 7.83. The summed E-state index contributed by atoms with van der Waals surface area (Å²) in [4.78, 5) is 25.4. The molecular formula is C39H36ClN7O4. The quantitative estimate of drug-likeness (QED) is 0.181. The van der Waals surface area contributed by atoms with E-state index in [2.05, 4.69) is 34.9 Å². The number of carboxylic acid groups (broad SMARTS) is 1. The molecule has 8 rings (SSSR count). The average Bonchev–Trinajstić information content (AvgIpc) is 3.92. The number of nitriles is 1. The fraction of sp³-hybridized carbons (Fsp3) is 0.308. The van der Waals surface area contributed by atoms with E-state index in [1.807, 2.05) is 55.6 Å². The lowest BCUT2D eigenvalue weighted by Gasteiger charge is -2.15. The number of aliphatic hydroxyl groups is 1. The van der Waals surface area contributed by atoms with Crippen LogP contribution < -0.4 is 0 Å². The zero-order chi connectivity index (χ0) is 35.4. The van der Waals surface area contributed by atoms with Crippen LogP contribution in [0.25, 0.3) is 50.7 Å². The molecular weight excluding hydrogens is 666 g/mol. The van der Waals surface area contributed by atoms with Crippen molar-refractivity contribution >= 4 is 34.3 Å². The van der Waals surface area contributed by atoms with E-state index in [9.17, 15) is 20.3 Å². The Morgan fingerprint density at radius 1 is 0.941 bits per heavy atom. The highest BCUT2D eigenvalue weighted by atomic mass is 35.5. The van der Waals surface area contributed by atoms with Crippen LogP contribution in [0.2, 0.25) is 5.02 Å². The van der Waals surface area contributed by atoms with Crippen LogP contribution in [-0.4, -0.2) is 77.8 Å². The molecule has 2 atom stereocenters. The molecule has 2 fully saturated rings. The van der Waals surface area contributed by atoms with Gasteiger partial charge in [-0.05, 0) is 90.9 Å². The summed E-state index contributed by atoms with van der Waals surface area (Å²) < 4.78 is 8.01. The molecule has 0 bridgehead atoms. The van der Waals surface area contributed by atoms with Crippen LogP contribution in [0.5, 0.6) is 0 Å². The van der Waals surface area contributed by atoms with Crippen LogP contribution in [0.4, 0.5) is 0 Å². The van der Waals surface area contributed by atoms with E-state index < -0.39 is 5.97 Å². The van der Waals surface area contributed by atoms with Crippen LogP contribution in [0.1, 0.15) is 40.7 Å². The van der Waals surface area contributed by atoms with E-state index in [4.69, 9.17) is 31.1 Å². The predicted octanol–water partition coefficient (Wildman–Crippen LogP) is 6.49. The van der Waals surface area contributed by atoms with E-state index >= 15 is 0 Å². The Morgan fingerprint density at radius 2 is 1.63 bits per heavy atom. The van der Waals surface area contributed by atoms with Gasteiger partial charge < -0.3 is 14.6 Å². The largest absolute Gasteiger partial charge is 0.481 e. The van der Waals surface area contributed by atoms with Crippen molar-refractivity contribution in [2.24, 2.45) is 5.92 Å². The van der Waals surface area contributed by atoms with Crippen LogP contribution >= 0.6 is 11.6 Å². The van der Waals surface area contributed by atoms with E-state index in [-0.39, 0.29) is 12.0 Å². The summed E-state index contributed by atoms with van der Waals surface area (Å²) in [6.07, 6.45) is 3.06. The molecule has 6 aromatic rings. The Labute approximate surface area is 299 Å². The summed E-state index contributed by atoms with van der Waals surface area (Å²) >= 11 is 6.71. The lowest BCUT2D eigenvalue weighted by atomic mass is 9.91. The fourth-order valence-electron chi connectivity index (χ4n) is 7.56. The molecule has 2 aliphatic heterocycles. The van der Waals surface area contributed by atoms with Crippen molar-refractivity contribution in [3.8, 4) is 40.0 Å². The second kappa shape index (κ2) is 13.2. The molecule has 0 amide bonds. The number of halogens is 1. The van der Waals surface area contributed by atoms with Crippen molar-refractivity contribution in [2.45, 2.75) is 45.9 Å². The molecule has 258 valence electrons. The molecule has 5 heterocycles. The van der Waals surface area contributed by atoms with Crippen LogP contribution in [-0.2, 0) is 17.9 Å². The van der Waals surface area contributed by atoms with Crippen LogP contribution in [0.3, 0.4) is 0 Å². The minimum absolute atomic E-state index is 0.288. The molecule has 0 spiro atoms. The number of aliphatic carboxylic acids is 1. The third kappa shape index (κ3) is 6.25. The van der Waals surface area contributed by atoms with Crippen molar-refractivity contribution in [2.75, 3.05) is 26.2 Å². The number of pyridine rings is 1. The van der Waals surface area contributed by atoms with Gasteiger partial charge in [0.15, 0.2) is 17.1 Å². The number of fused-ring (bicyclic) bond motifs is 2. The number of nitrogens with zero attached hydrogens (tertiary/aromatic N) is 7. The van der Waals surface area contributed by atoms with Crippen molar-refractivity contribution in [1.82, 2.24) is 29.4 Å². The number of rotatable bonds is 8. The maximum Gasteiger partial charge on any atom is 0.307 e. The van der Waals surface area contributed by atoms with Gasteiger partial charge in [-0.3, -0.25) is 14.6 Å². The van der Waals surface area contributed by atoms with E-state index in [1.54, 1.807) is 4.52 Å². The van der Waals surface area contributed by atoms with E-state index in [1.165, 1.54) is 0 Å². The normalized spacial score (nSPS) is 18.3. The number of β-amino-alcohol motifs (C(OH)–C–C–N with tert-alkyl or cyclic N) is 1. The lowest BCUT2D eigenvalue weighted by Crippen LogP contribution is -2.22. The summed E-state index contributed by atoms with van der Waals surface area (Å²) in [6, 6.07) is 20.0. The van der Waals surface area contributed by atoms with Gasteiger partial charge in [-0.2, -0.15) is 5.26 Å². The summed E-state index contributed by atoms with van der Waals surface area (Å²) in [7, 11) is 0. The highest BCUT2D eigenvalue weighted by Crippen LogP contribution is 2.38. The second-order valence-corrected chi connectivity index (χ2v) is 14.1. The molecule has 2 saturated heterocycles. The Hall–Kier alpha value is -5.12. The molecule has 0 aliphatic carbocycles. The number of aliphatic hydroxyl groups excluding tert-OH is 1. The smallest absolute Gasteiger partial charge is 0.307 e. The van der Waals surface area contributed by atoms with Crippen molar-refractivity contribution < 1.29 is 19.4 Å². The number of aromatic nitrogens is 4. The van der Waals surface area contributed by atoms with Crippen molar-refractivity contribution in [1.29, 1.82) is 5.26 Å². The molecule has 3 aromatic carbocycles. The van der Waals surface area contributed by atoms with Gasteiger partial charge in [0.1, 0.15) is 11.6 Å². The van der Waals surface area contributed by atoms with Crippen molar-refractivity contribution in [3.63, 3.8) is 0 Å². The first-order valence-electron chi connectivity index (χ1n) is 17.1. The highest BCUT2D eigenvalue weighted by Gasteiger charge is 2.28. The standard InChI is InChI=1S/C39H36ClN7O4/c1-22-29(5-3-7-31(22)36-43-37-33(40)14-25(19-47(37)44-36)18-46-12-10-28(48)21-46)30-6-4-8-32(23(30)2)38-42-34-15-24(13-27(16-41)35(34)51-38)17-45-11-9-26(20-45)39(49)50/h3-8,13-15,19,26,28,48H,9-12,17-18,20-21H2,1-2H3,(H,49,50). The Kier molecular flexibility index (Phi) is 8.56. The molecule has 3 aromatic heterocycles. The second-order valence-electron chi connectivity index (χ2n) is 13.7. The van der Waals surface area contributed by atoms with Gasteiger partial charge >= 0.3 is 5.97 Å². The minimum atomic E-state index is -0.770. The maximum absolute atomic E-state index is 11.5. The highest BCUT2D eigenvalue weighted by molar-refractivity contribution is 6.33. The monoisotopic (exact) mass is 701 g/mol. The van der Waals surface area contributed by atoms with E-state index in [0.717, 1.165) is 57.5 Å². The molecule has 0 saturated carbocycles. The molecule has 2 N–H and O–H groups in total. The topological polar surface area (TPSA) is 144 Å². The van der Waals surface area contributed by atoms with Gasteiger partial charge in [-0.25, -0.2) is 14.5 Å². The number of benzene rings is 3. The molecule has 12 heteroatoms. The third-order valence-electron chi connectivity index (χ3n) is 10.2. The number of carbonyl (C=O) groups is 1. The zero-order valence-electron chi connectivity index (χ0n) is 28.3. The lowest BCUT2D eigenvalue weighted by molar-refractivity contribution is -0.141. The minimum Gasteiger partial charge on any atom is -0.481 e. The zero-order valence-corrected chi connectivity index (χ0v) is 29.1. The summed E-state index contributed by atoms with van der Waals surface area (Å²) in [5, 5.41) is 34.7. The Balaban J connectivity index is 1.10. The first-order valence-corrected chi connectivity index (χ1v) is 17.5. The maximum atomic E-state index is 11.5. The molecule has 51 heavy (non-hydrogen) atoms. The number of likely N-dealkylation sites (tertiary alicyclic amines) is 2. The van der Waals surface area contributed by atoms with Crippen molar-refractivity contribution in [3.05, 3.63) is 93.6 Å². The van der Waals surface area contributed by atoms with Gasteiger partial charge in [0.25, 0.3) is 0 Å². The van der Waals surface area contributed by atoms with E-state index in [0.29, 0.717) is 78.2 Å². The van der Waals surface area contributed by atoms with Gasteiger partial charge in [0.2, 0.25) is 5.89 Å².